The van der Waals surface area contributed by atoms with Crippen LogP contribution in [0.15, 0.2) is 23.1 Å². The van der Waals surface area contributed by atoms with Gasteiger partial charge in [0.15, 0.2) is 0 Å². The first-order valence-electron chi connectivity index (χ1n) is 6.59. The Morgan fingerprint density at radius 3 is 2.78 bits per heavy atom. The largest absolute Gasteiger partial charge is 0.389 e. The second-order valence-electron chi connectivity index (χ2n) is 4.66. The van der Waals surface area contributed by atoms with Crippen LogP contribution in [0.4, 0.5) is 0 Å². The zero-order valence-electron chi connectivity index (χ0n) is 11.2. The first-order chi connectivity index (χ1) is 8.60. The lowest BCUT2D eigenvalue weighted by Crippen LogP contribution is -2.30. The molecule has 0 bridgehead atoms. The van der Waals surface area contributed by atoms with Gasteiger partial charge in [0.1, 0.15) is 4.99 Å². The summed E-state index contributed by atoms with van der Waals surface area (Å²) in [6.45, 7) is 5.11. The van der Waals surface area contributed by atoms with E-state index in [1.165, 1.54) is 12.8 Å². The molecule has 0 saturated heterocycles. The lowest BCUT2D eigenvalue weighted by Gasteiger charge is -2.16. The first-order valence-corrected chi connectivity index (χ1v) is 7.00. The average molecular weight is 266 g/mol. The van der Waals surface area contributed by atoms with Gasteiger partial charge in [0.05, 0.1) is 5.56 Å². The zero-order chi connectivity index (χ0) is 13.5. The van der Waals surface area contributed by atoms with Crippen molar-refractivity contribution in [2.45, 2.75) is 46.1 Å². The molecule has 0 amide bonds. The predicted molar refractivity (Wildman–Crippen MR) is 79.9 cm³/mol. The highest BCUT2D eigenvalue weighted by atomic mass is 32.1. The minimum Gasteiger partial charge on any atom is -0.389 e. The van der Waals surface area contributed by atoms with Gasteiger partial charge in [-0.2, -0.15) is 0 Å². The van der Waals surface area contributed by atoms with E-state index < -0.39 is 0 Å². The third kappa shape index (κ3) is 3.95. The van der Waals surface area contributed by atoms with Crippen LogP contribution in [0.3, 0.4) is 0 Å². The topological polar surface area (TPSA) is 48.0 Å². The van der Waals surface area contributed by atoms with Gasteiger partial charge in [0.25, 0.3) is 5.56 Å². The summed E-state index contributed by atoms with van der Waals surface area (Å²) in [6.07, 6.45) is 6.47. The Hall–Kier alpha value is -1.16. The third-order valence-corrected chi connectivity index (χ3v) is 3.50. The summed E-state index contributed by atoms with van der Waals surface area (Å²) < 4.78 is 1.73. The zero-order valence-corrected chi connectivity index (χ0v) is 12.0. The molecule has 1 aromatic heterocycles. The molecule has 1 atom stereocenters. The number of thiocarbonyl (C=S) groups is 1. The highest BCUT2D eigenvalue weighted by Crippen LogP contribution is 2.14. The summed E-state index contributed by atoms with van der Waals surface area (Å²) in [5.41, 5.74) is 5.92. The van der Waals surface area contributed by atoms with Crippen LogP contribution in [0.5, 0.6) is 0 Å². The number of nitrogens with two attached hydrogens (primary N) is 1. The van der Waals surface area contributed by atoms with Crippen LogP contribution >= 0.6 is 12.2 Å². The van der Waals surface area contributed by atoms with Crippen molar-refractivity contribution in [3.8, 4) is 0 Å². The van der Waals surface area contributed by atoms with Crippen molar-refractivity contribution in [3.63, 3.8) is 0 Å². The van der Waals surface area contributed by atoms with Gasteiger partial charge in [-0.05, 0) is 24.5 Å². The van der Waals surface area contributed by atoms with E-state index in [2.05, 4.69) is 13.8 Å². The average Bonchev–Trinajstić information content (AvgIpc) is 2.36. The van der Waals surface area contributed by atoms with Gasteiger partial charge in [-0.15, -0.1) is 0 Å². The number of hydrogen-bond donors (Lipinski definition) is 1. The molecule has 0 saturated carbocycles. The molecule has 1 heterocycles. The Kier molecular flexibility index (Phi) is 6.05. The molecule has 1 unspecified atom stereocenters. The number of nitrogens with zero attached hydrogens (tertiary/aromatic N) is 1. The van der Waals surface area contributed by atoms with Crippen molar-refractivity contribution in [2.75, 3.05) is 0 Å². The normalized spacial score (nSPS) is 12.3. The molecule has 3 nitrogen and oxygen atoms in total. The fraction of sp³-hybridized carbons (Fsp3) is 0.571. The van der Waals surface area contributed by atoms with Crippen LogP contribution in [-0.2, 0) is 6.54 Å². The number of unbranched alkanes of at least 4 members (excludes halogenated alkanes) is 1. The maximum atomic E-state index is 12.1. The molecule has 0 aliphatic rings. The van der Waals surface area contributed by atoms with E-state index in [0.717, 1.165) is 19.4 Å². The van der Waals surface area contributed by atoms with E-state index in [1.807, 2.05) is 12.3 Å². The van der Waals surface area contributed by atoms with E-state index in [4.69, 9.17) is 18.0 Å². The summed E-state index contributed by atoms with van der Waals surface area (Å²) >= 11 is 4.89. The molecule has 0 aliphatic carbocycles. The molecule has 0 radical (unpaired) electrons. The van der Waals surface area contributed by atoms with E-state index >= 15 is 0 Å². The second kappa shape index (κ2) is 7.31. The molecule has 0 aliphatic heterocycles. The van der Waals surface area contributed by atoms with Crippen molar-refractivity contribution in [1.82, 2.24) is 4.57 Å². The Balaban J connectivity index is 2.86. The van der Waals surface area contributed by atoms with Crippen LogP contribution in [0.25, 0.3) is 0 Å². The number of hydrogen-bond acceptors (Lipinski definition) is 2. The molecular weight excluding hydrogens is 244 g/mol. The van der Waals surface area contributed by atoms with Crippen LogP contribution in [0, 0.1) is 5.92 Å². The van der Waals surface area contributed by atoms with Gasteiger partial charge >= 0.3 is 0 Å². The van der Waals surface area contributed by atoms with E-state index in [-0.39, 0.29) is 10.5 Å². The molecule has 2 N–H and O–H groups in total. The number of aromatic nitrogens is 1. The summed E-state index contributed by atoms with van der Waals surface area (Å²) in [5, 5.41) is 0. The molecule has 0 aromatic carbocycles. The van der Waals surface area contributed by atoms with E-state index in [0.29, 0.717) is 11.5 Å². The fourth-order valence-electron chi connectivity index (χ4n) is 2.06. The maximum Gasteiger partial charge on any atom is 0.260 e. The molecule has 1 aromatic rings. The number of pyridine rings is 1. The number of rotatable bonds is 7. The van der Waals surface area contributed by atoms with E-state index in [9.17, 15) is 4.79 Å². The van der Waals surface area contributed by atoms with Gasteiger partial charge < -0.3 is 10.3 Å². The summed E-state index contributed by atoms with van der Waals surface area (Å²) in [5.74, 6) is 0.546. The smallest absolute Gasteiger partial charge is 0.260 e. The monoisotopic (exact) mass is 266 g/mol. The van der Waals surface area contributed by atoms with Gasteiger partial charge in [0, 0.05) is 12.7 Å². The lowest BCUT2D eigenvalue weighted by molar-refractivity contribution is 0.385. The van der Waals surface area contributed by atoms with Gasteiger partial charge in [0.2, 0.25) is 0 Å². The molecule has 0 spiro atoms. The minimum absolute atomic E-state index is 0.0695. The molecule has 0 fully saturated rings. The fourth-order valence-corrected chi connectivity index (χ4v) is 2.22. The lowest BCUT2D eigenvalue weighted by atomic mass is 9.99. The van der Waals surface area contributed by atoms with Crippen molar-refractivity contribution in [2.24, 2.45) is 11.7 Å². The Morgan fingerprint density at radius 1 is 1.50 bits per heavy atom. The third-order valence-electron chi connectivity index (χ3n) is 3.28. The highest BCUT2D eigenvalue weighted by molar-refractivity contribution is 7.80. The molecule has 100 valence electrons. The molecule has 1 rings (SSSR count). The van der Waals surface area contributed by atoms with Crippen LogP contribution < -0.4 is 11.3 Å². The SMILES string of the molecule is CCCCC(CC)Cn1cccc(C(N)=S)c1=O. The molecule has 4 heteroatoms. The summed E-state index contributed by atoms with van der Waals surface area (Å²) in [4.78, 5) is 12.3. The van der Waals surface area contributed by atoms with Gasteiger partial charge in [-0.1, -0.05) is 45.3 Å². The van der Waals surface area contributed by atoms with Crippen molar-refractivity contribution >= 4 is 17.2 Å². The standard InChI is InChI=1S/C14H22N2OS/c1-3-5-7-11(4-2)10-16-9-6-8-12(13(15)18)14(16)17/h6,8-9,11H,3-5,7,10H2,1-2H3,(H2,15,18). The van der Waals surface area contributed by atoms with Crippen LogP contribution in [0.1, 0.15) is 45.1 Å². The molecule has 18 heavy (non-hydrogen) atoms. The Morgan fingerprint density at radius 2 is 2.22 bits per heavy atom. The predicted octanol–water partition coefficient (Wildman–Crippen LogP) is 2.70. The van der Waals surface area contributed by atoms with Crippen LogP contribution in [-0.4, -0.2) is 9.56 Å². The van der Waals surface area contributed by atoms with Crippen molar-refractivity contribution in [3.05, 3.63) is 34.2 Å². The quantitative estimate of drug-likeness (QED) is 0.772. The first kappa shape index (κ1) is 14.9. The van der Waals surface area contributed by atoms with E-state index in [1.54, 1.807) is 10.6 Å². The molecular formula is C14H22N2OS. The minimum atomic E-state index is -0.0695. The summed E-state index contributed by atoms with van der Waals surface area (Å²) in [7, 11) is 0. The van der Waals surface area contributed by atoms with Gasteiger partial charge in [-0.25, -0.2) is 0 Å². The van der Waals surface area contributed by atoms with Crippen LogP contribution in [0.2, 0.25) is 0 Å². The Labute approximate surface area is 114 Å². The van der Waals surface area contributed by atoms with Crippen molar-refractivity contribution in [1.29, 1.82) is 0 Å². The summed E-state index contributed by atoms with van der Waals surface area (Å²) in [6, 6.07) is 3.52. The van der Waals surface area contributed by atoms with Gasteiger partial charge in [-0.3, -0.25) is 4.79 Å². The van der Waals surface area contributed by atoms with Crippen molar-refractivity contribution < 1.29 is 0 Å². The highest BCUT2D eigenvalue weighted by Gasteiger charge is 2.10. The Bertz CT molecular complexity index is 453. The second-order valence-corrected chi connectivity index (χ2v) is 5.10. The maximum absolute atomic E-state index is 12.1.